The van der Waals surface area contributed by atoms with E-state index in [1.54, 1.807) is 6.07 Å². The van der Waals surface area contributed by atoms with Gasteiger partial charge in [0.2, 0.25) is 0 Å². The van der Waals surface area contributed by atoms with Gasteiger partial charge in [-0.1, -0.05) is 114 Å². The Hall–Kier alpha value is -6.13. The van der Waals surface area contributed by atoms with Gasteiger partial charge in [-0.05, 0) is 66.1 Å². The Balaban J connectivity index is 0.00000397. The first-order chi connectivity index (χ1) is 26.6. The van der Waals surface area contributed by atoms with E-state index < -0.39 is 0 Å². The first-order valence-electron chi connectivity index (χ1n) is 17.9. The van der Waals surface area contributed by atoms with Crippen LogP contribution >= 0.6 is 11.3 Å². The molecule has 0 bridgehead atoms. The summed E-state index contributed by atoms with van der Waals surface area (Å²) in [7, 11) is 0. The molecular weight excluding hydrogens is 876 g/mol. The fourth-order valence-electron chi connectivity index (χ4n) is 7.42. The topological polar surface area (TPSA) is 59.2 Å². The van der Waals surface area contributed by atoms with Gasteiger partial charge in [0.15, 0.2) is 0 Å². The molecule has 4 heterocycles. The minimum absolute atomic E-state index is 0. The zero-order valence-corrected chi connectivity index (χ0v) is 32.7. The van der Waals surface area contributed by atoms with Crippen molar-refractivity contribution in [3.8, 4) is 73.1 Å². The van der Waals surface area contributed by atoms with Crippen molar-refractivity contribution in [2.75, 3.05) is 0 Å². The number of phenolic OH excluding ortho intramolecular Hbond substituents is 1. The summed E-state index contributed by atoms with van der Waals surface area (Å²) in [5.41, 5.74) is 11.5. The summed E-state index contributed by atoms with van der Waals surface area (Å²) in [6.07, 6.45) is 0. The molecule has 0 unspecified atom stereocenters. The van der Waals surface area contributed by atoms with Crippen LogP contribution in [0.25, 0.3) is 98.5 Å². The molecule has 10 aromatic rings. The molecule has 0 saturated carbocycles. The maximum Gasteiger partial charge on any atom is 0.142 e. The molecule has 4 nitrogen and oxygen atoms in total. The monoisotopic (exact) mass is 906 g/mol. The van der Waals surface area contributed by atoms with Crippen LogP contribution in [0.15, 0.2) is 168 Å². The van der Waals surface area contributed by atoms with Crippen molar-refractivity contribution in [1.29, 1.82) is 0 Å². The second kappa shape index (κ2) is 14.3. The summed E-state index contributed by atoms with van der Waals surface area (Å²) in [4.78, 5) is 10.1. The van der Waals surface area contributed by atoms with Crippen LogP contribution in [-0.2, 0) is 21.1 Å². The normalized spacial score (nSPS) is 11.3. The van der Waals surface area contributed by atoms with Crippen molar-refractivity contribution < 1.29 is 30.6 Å². The average molecular weight is 907 g/mol. The van der Waals surface area contributed by atoms with Crippen molar-refractivity contribution in [2.45, 2.75) is 6.92 Å². The number of rotatable bonds is 6. The smallest absolute Gasteiger partial charge is 0.142 e. The van der Waals surface area contributed by atoms with Crippen LogP contribution in [0.5, 0.6) is 5.75 Å². The molecule has 0 aliphatic rings. The molecule has 0 spiro atoms. The van der Waals surface area contributed by atoms with Crippen molar-refractivity contribution in [3.63, 3.8) is 0 Å². The van der Waals surface area contributed by atoms with Crippen molar-refractivity contribution in [1.82, 2.24) is 9.97 Å². The molecule has 0 aliphatic carbocycles. The second-order valence-corrected chi connectivity index (χ2v) is 14.6. The number of thiophene rings is 1. The molecule has 6 aromatic carbocycles. The number of aromatic nitrogens is 2. The third-order valence-corrected chi connectivity index (χ3v) is 11.1. The van der Waals surface area contributed by atoms with E-state index in [1.165, 1.54) is 20.2 Å². The van der Waals surface area contributed by atoms with Gasteiger partial charge < -0.3 is 9.52 Å². The molecular formula is C49H31N2O2PtS-. The summed E-state index contributed by atoms with van der Waals surface area (Å²) in [5.74, 6) is 0.994. The number of aromatic hydroxyl groups is 1. The largest absolute Gasteiger partial charge is 0.507 e. The molecule has 10 rings (SSSR count). The van der Waals surface area contributed by atoms with Crippen molar-refractivity contribution >= 4 is 42.5 Å². The number of hydrogen-bond acceptors (Lipinski definition) is 5. The molecule has 0 radical (unpaired) electrons. The Bertz CT molecular complexity index is 3040. The van der Waals surface area contributed by atoms with E-state index in [-0.39, 0.29) is 26.8 Å². The van der Waals surface area contributed by atoms with Crippen LogP contribution in [0.1, 0.15) is 5.69 Å². The first-order valence-corrected chi connectivity index (χ1v) is 18.7. The minimum atomic E-state index is 0. The van der Waals surface area contributed by atoms with Gasteiger partial charge in [-0.25, -0.2) is 0 Å². The van der Waals surface area contributed by atoms with Gasteiger partial charge in [0.1, 0.15) is 17.1 Å². The first kappa shape index (κ1) is 34.6. The van der Waals surface area contributed by atoms with Crippen LogP contribution in [0.2, 0.25) is 0 Å². The van der Waals surface area contributed by atoms with Gasteiger partial charge >= 0.3 is 0 Å². The van der Waals surface area contributed by atoms with E-state index in [1.807, 2.05) is 91.1 Å². The number of hydrogen-bond donors (Lipinski definition) is 1. The van der Waals surface area contributed by atoms with Crippen LogP contribution in [0, 0.1) is 13.0 Å². The summed E-state index contributed by atoms with van der Waals surface area (Å²) in [5, 5.41) is 14.4. The Morgan fingerprint density at radius 2 is 1.20 bits per heavy atom. The van der Waals surface area contributed by atoms with Crippen LogP contribution < -0.4 is 0 Å². The number of aryl methyl sites for hydroxylation is 1. The Morgan fingerprint density at radius 3 is 2.04 bits per heavy atom. The third-order valence-electron chi connectivity index (χ3n) is 9.94. The van der Waals surface area contributed by atoms with Gasteiger partial charge in [0.05, 0.1) is 5.69 Å². The number of para-hydroxylation sites is 2. The maximum absolute atomic E-state index is 10.8. The third kappa shape index (κ3) is 6.36. The SMILES string of the molecule is Cc1cc(-c2oc3ccccc3c2-c2ccc3c(c2)sc2ccccc23)cc(-c2[c-]c(-c3cc(-c4ccccc4)cc(-c4ccccc4O)n3)ccc2)n1.[Pt]. The van der Waals surface area contributed by atoms with Gasteiger partial charge in [0, 0.05) is 80.4 Å². The quantitative estimate of drug-likeness (QED) is 0.169. The van der Waals surface area contributed by atoms with E-state index in [0.717, 1.165) is 72.8 Å². The fourth-order valence-corrected chi connectivity index (χ4v) is 8.56. The number of pyridine rings is 2. The molecule has 6 heteroatoms. The van der Waals surface area contributed by atoms with Crippen molar-refractivity contribution in [2.24, 2.45) is 0 Å². The fraction of sp³-hybridized carbons (Fsp3) is 0.0204. The second-order valence-electron chi connectivity index (χ2n) is 13.5. The van der Waals surface area contributed by atoms with E-state index in [9.17, 15) is 5.11 Å². The number of nitrogens with zero attached hydrogens (tertiary/aromatic N) is 2. The summed E-state index contributed by atoms with van der Waals surface area (Å²) in [6, 6.07) is 59.2. The molecule has 0 saturated heterocycles. The van der Waals surface area contributed by atoms with Gasteiger partial charge in [0.25, 0.3) is 0 Å². The van der Waals surface area contributed by atoms with Gasteiger partial charge in [-0.15, -0.1) is 35.6 Å². The summed E-state index contributed by atoms with van der Waals surface area (Å²) >= 11 is 1.82. The minimum Gasteiger partial charge on any atom is -0.507 e. The molecule has 0 atom stereocenters. The standard InChI is InChI=1S/C49H31N2O2S.Pt/c1-30-24-36(49-48(40-18-6-9-20-45(40)53-49)34-22-23-38-37-16-7-10-21-46(37)54-47(38)29-34)28-41(50-30)32-14-11-15-33(25-32)42-26-35(31-12-3-2-4-13-31)27-43(51-42)39-17-5-8-19-44(39)52;/h2-24,26-29,52H,1H3;/q-1;. The molecule has 0 amide bonds. The number of phenols is 1. The molecule has 4 aromatic heterocycles. The zero-order chi connectivity index (χ0) is 36.2. The molecule has 1 N–H and O–H groups in total. The van der Waals surface area contributed by atoms with Gasteiger partial charge in [-0.3, -0.25) is 9.97 Å². The van der Waals surface area contributed by atoms with Crippen LogP contribution in [-0.4, -0.2) is 15.1 Å². The van der Waals surface area contributed by atoms with Crippen LogP contribution in [0.4, 0.5) is 0 Å². The Kier molecular flexibility index (Phi) is 8.98. The summed E-state index contributed by atoms with van der Waals surface area (Å²) in [6.45, 7) is 2.02. The number of fused-ring (bicyclic) bond motifs is 4. The summed E-state index contributed by atoms with van der Waals surface area (Å²) < 4.78 is 9.24. The Labute approximate surface area is 336 Å². The predicted octanol–water partition coefficient (Wildman–Crippen LogP) is 13.4. The zero-order valence-electron chi connectivity index (χ0n) is 29.6. The molecule has 0 fully saturated rings. The number of furan rings is 1. The molecule has 0 aliphatic heterocycles. The molecule has 266 valence electrons. The van der Waals surface area contributed by atoms with E-state index in [4.69, 9.17) is 14.4 Å². The Morgan fingerprint density at radius 1 is 0.527 bits per heavy atom. The van der Waals surface area contributed by atoms with Crippen molar-refractivity contribution in [3.05, 3.63) is 176 Å². The number of benzene rings is 6. The van der Waals surface area contributed by atoms with E-state index >= 15 is 0 Å². The predicted molar refractivity (Wildman–Crippen MR) is 223 cm³/mol. The van der Waals surface area contributed by atoms with E-state index in [0.29, 0.717) is 11.3 Å². The average Bonchev–Trinajstić information content (AvgIpc) is 3.80. The van der Waals surface area contributed by atoms with Crippen LogP contribution in [0.3, 0.4) is 0 Å². The van der Waals surface area contributed by atoms with Gasteiger partial charge in [-0.2, -0.15) is 0 Å². The van der Waals surface area contributed by atoms with E-state index in [2.05, 4.69) is 91.0 Å². The molecule has 55 heavy (non-hydrogen) atoms. The maximum atomic E-state index is 10.8.